The molecule has 0 aliphatic carbocycles. The number of nitrogens with zero attached hydrogens (tertiary/aromatic N) is 2. The highest BCUT2D eigenvalue weighted by Crippen LogP contribution is 2.42. The minimum Gasteiger partial charge on any atom is -0.468 e. The standard InChI is InChI=1S/C19H30N2O4/c1-20(2)18(22)15-23-12-5-16-6-13-25-19(16)7-9-21(10-8-19)14-17-4-3-11-24-17/h3-4,11,16H,5-10,12-15H2,1-2H3/t16-/m0/s1. The van der Waals surface area contributed by atoms with E-state index < -0.39 is 0 Å². The Hall–Kier alpha value is -1.37. The minimum absolute atomic E-state index is 0.00851. The molecule has 1 atom stereocenters. The molecule has 0 bridgehead atoms. The number of ether oxygens (including phenoxy) is 2. The molecule has 1 aromatic rings. The van der Waals surface area contributed by atoms with E-state index in [0.717, 1.165) is 57.7 Å². The van der Waals surface area contributed by atoms with E-state index in [1.807, 2.05) is 12.1 Å². The first kappa shape index (κ1) is 18.4. The monoisotopic (exact) mass is 350 g/mol. The van der Waals surface area contributed by atoms with Gasteiger partial charge in [0.1, 0.15) is 12.4 Å². The van der Waals surface area contributed by atoms with Crippen molar-refractivity contribution in [1.29, 1.82) is 0 Å². The summed E-state index contributed by atoms with van der Waals surface area (Å²) in [5, 5.41) is 0. The Morgan fingerprint density at radius 2 is 2.20 bits per heavy atom. The first-order valence-corrected chi connectivity index (χ1v) is 9.26. The molecule has 1 spiro atoms. The number of likely N-dealkylation sites (N-methyl/N-ethyl adjacent to an activating group) is 1. The van der Waals surface area contributed by atoms with Crippen LogP contribution in [0.15, 0.2) is 22.8 Å². The lowest BCUT2D eigenvalue weighted by atomic mass is 9.78. The third kappa shape index (κ3) is 4.63. The number of hydrogen-bond acceptors (Lipinski definition) is 5. The van der Waals surface area contributed by atoms with Crippen molar-refractivity contribution in [1.82, 2.24) is 9.80 Å². The van der Waals surface area contributed by atoms with Gasteiger partial charge in [0, 0.05) is 40.4 Å². The van der Waals surface area contributed by atoms with Gasteiger partial charge in [-0.2, -0.15) is 0 Å². The molecule has 2 fully saturated rings. The number of furan rings is 1. The summed E-state index contributed by atoms with van der Waals surface area (Å²) < 4.78 is 17.2. The summed E-state index contributed by atoms with van der Waals surface area (Å²) in [6.07, 6.45) is 5.93. The molecule has 2 aliphatic rings. The maximum atomic E-state index is 11.6. The second-order valence-corrected chi connectivity index (χ2v) is 7.38. The fourth-order valence-electron chi connectivity index (χ4n) is 3.97. The third-order valence-corrected chi connectivity index (χ3v) is 5.60. The highest BCUT2D eigenvalue weighted by Gasteiger charge is 2.45. The van der Waals surface area contributed by atoms with E-state index in [9.17, 15) is 4.79 Å². The molecule has 0 N–H and O–H groups in total. The van der Waals surface area contributed by atoms with Crippen molar-refractivity contribution in [3.05, 3.63) is 24.2 Å². The molecule has 0 aromatic carbocycles. The molecule has 3 rings (SSSR count). The SMILES string of the molecule is CN(C)C(=O)COCC[C@H]1CCOC12CCN(Cc1ccco1)CC2. The van der Waals surface area contributed by atoms with Crippen molar-refractivity contribution in [2.45, 2.75) is 37.8 Å². The summed E-state index contributed by atoms with van der Waals surface area (Å²) in [5.41, 5.74) is 0.00851. The van der Waals surface area contributed by atoms with Crippen LogP contribution in [0.3, 0.4) is 0 Å². The fraction of sp³-hybridized carbons (Fsp3) is 0.737. The summed E-state index contributed by atoms with van der Waals surface area (Å²) in [6, 6.07) is 3.98. The van der Waals surface area contributed by atoms with Crippen LogP contribution in [0.5, 0.6) is 0 Å². The molecular weight excluding hydrogens is 320 g/mol. The lowest BCUT2D eigenvalue weighted by molar-refractivity contribution is -0.133. The van der Waals surface area contributed by atoms with Gasteiger partial charge in [-0.25, -0.2) is 0 Å². The number of hydrogen-bond donors (Lipinski definition) is 0. The predicted molar refractivity (Wildman–Crippen MR) is 94.1 cm³/mol. The number of carbonyl (C=O) groups excluding carboxylic acids is 1. The van der Waals surface area contributed by atoms with Crippen LogP contribution in [-0.2, 0) is 20.8 Å². The van der Waals surface area contributed by atoms with Crippen LogP contribution < -0.4 is 0 Å². The summed E-state index contributed by atoms with van der Waals surface area (Å²) in [5.74, 6) is 1.58. The fourth-order valence-corrected chi connectivity index (χ4v) is 3.97. The van der Waals surface area contributed by atoms with Crippen molar-refractivity contribution < 1.29 is 18.7 Å². The molecular formula is C19H30N2O4. The summed E-state index contributed by atoms with van der Waals surface area (Å²) >= 11 is 0. The number of likely N-dealkylation sites (tertiary alicyclic amines) is 1. The molecule has 3 heterocycles. The molecule has 25 heavy (non-hydrogen) atoms. The van der Waals surface area contributed by atoms with Crippen LogP contribution in [0, 0.1) is 5.92 Å². The van der Waals surface area contributed by atoms with Gasteiger partial charge in [-0.1, -0.05) is 0 Å². The van der Waals surface area contributed by atoms with Crippen molar-refractivity contribution in [3.63, 3.8) is 0 Å². The molecule has 0 radical (unpaired) electrons. The molecule has 6 heteroatoms. The second kappa shape index (κ2) is 8.34. The first-order chi connectivity index (χ1) is 12.1. The number of amides is 1. The van der Waals surface area contributed by atoms with Gasteiger partial charge < -0.3 is 18.8 Å². The molecule has 6 nitrogen and oxygen atoms in total. The Bertz CT molecular complexity index is 536. The van der Waals surface area contributed by atoms with E-state index in [1.165, 1.54) is 0 Å². The average Bonchev–Trinajstić information content (AvgIpc) is 3.24. The van der Waals surface area contributed by atoms with E-state index in [0.29, 0.717) is 12.5 Å². The summed E-state index contributed by atoms with van der Waals surface area (Å²) in [4.78, 5) is 15.6. The van der Waals surface area contributed by atoms with Crippen LogP contribution in [-0.4, -0.2) is 68.3 Å². The van der Waals surface area contributed by atoms with Crippen molar-refractivity contribution in [3.8, 4) is 0 Å². The highest BCUT2D eigenvalue weighted by atomic mass is 16.5. The first-order valence-electron chi connectivity index (χ1n) is 9.26. The maximum Gasteiger partial charge on any atom is 0.248 e. The van der Waals surface area contributed by atoms with Gasteiger partial charge in [-0.3, -0.25) is 9.69 Å². The Balaban J connectivity index is 1.43. The van der Waals surface area contributed by atoms with Crippen molar-refractivity contribution in [2.24, 2.45) is 5.92 Å². The van der Waals surface area contributed by atoms with E-state index in [4.69, 9.17) is 13.9 Å². The van der Waals surface area contributed by atoms with Crippen molar-refractivity contribution in [2.75, 3.05) is 47.0 Å². The second-order valence-electron chi connectivity index (χ2n) is 7.38. The zero-order valence-electron chi connectivity index (χ0n) is 15.4. The molecule has 2 aliphatic heterocycles. The van der Waals surface area contributed by atoms with Gasteiger partial charge in [-0.15, -0.1) is 0 Å². The number of carbonyl (C=O) groups is 1. The van der Waals surface area contributed by atoms with Gasteiger partial charge >= 0.3 is 0 Å². The van der Waals surface area contributed by atoms with Crippen LogP contribution in [0.2, 0.25) is 0 Å². The Morgan fingerprint density at radius 3 is 2.88 bits per heavy atom. The van der Waals surface area contributed by atoms with Crippen molar-refractivity contribution >= 4 is 5.91 Å². The quantitative estimate of drug-likeness (QED) is 0.705. The Kier molecular flexibility index (Phi) is 6.15. The van der Waals surface area contributed by atoms with Gasteiger partial charge in [-0.05, 0) is 43.7 Å². The van der Waals surface area contributed by atoms with Gasteiger partial charge in [0.15, 0.2) is 0 Å². The third-order valence-electron chi connectivity index (χ3n) is 5.60. The van der Waals surface area contributed by atoms with Crippen LogP contribution in [0.1, 0.15) is 31.4 Å². The van der Waals surface area contributed by atoms with E-state index >= 15 is 0 Å². The summed E-state index contributed by atoms with van der Waals surface area (Å²) in [7, 11) is 3.50. The Morgan fingerprint density at radius 1 is 1.40 bits per heavy atom. The zero-order chi connectivity index (χ0) is 17.7. The smallest absolute Gasteiger partial charge is 0.248 e. The highest BCUT2D eigenvalue weighted by molar-refractivity contribution is 5.76. The van der Waals surface area contributed by atoms with Crippen LogP contribution in [0.25, 0.3) is 0 Å². The number of piperidine rings is 1. The van der Waals surface area contributed by atoms with E-state index in [-0.39, 0.29) is 18.1 Å². The largest absolute Gasteiger partial charge is 0.468 e. The molecule has 0 saturated carbocycles. The lowest BCUT2D eigenvalue weighted by Gasteiger charge is -2.42. The zero-order valence-corrected chi connectivity index (χ0v) is 15.4. The normalized spacial score (nSPS) is 23.2. The minimum atomic E-state index is 0.00851. The lowest BCUT2D eigenvalue weighted by Crippen LogP contribution is -2.47. The van der Waals surface area contributed by atoms with Gasteiger partial charge in [0.2, 0.25) is 5.91 Å². The number of rotatable bonds is 7. The van der Waals surface area contributed by atoms with E-state index in [1.54, 1.807) is 25.3 Å². The molecule has 1 amide bonds. The maximum absolute atomic E-state index is 11.6. The van der Waals surface area contributed by atoms with E-state index in [2.05, 4.69) is 4.90 Å². The van der Waals surface area contributed by atoms with Crippen LogP contribution >= 0.6 is 0 Å². The molecule has 0 unspecified atom stereocenters. The van der Waals surface area contributed by atoms with Gasteiger partial charge in [0.25, 0.3) is 0 Å². The average molecular weight is 350 g/mol. The summed E-state index contributed by atoms with van der Waals surface area (Å²) in [6.45, 7) is 4.60. The van der Waals surface area contributed by atoms with Gasteiger partial charge in [0.05, 0.1) is 18.4 Å². The predicted octanol–water partition coefficient (Wildman–Crippen LogP) is 2.15. The van der Waals surface area contributed by atoms with Crippen LogP contribution in [0.4, 0.5) is 0 Å². The Labute approximate surface area is 150 Å². The topological polar surface area (TPSA) is 55.2 Å². The molecule has 2 saturated heterocycles. The molecule has 1 aromatic heterocycles. The molecule has 140 valence electrons.